The number of amides is 1. The number of hydrogen-bond donors (Lipinski definition) is 1. The number of pyridine rings is 1. The van der Waals surface area contributed by atoms with Crippen LogP contribution in [0.3, 0.4) is 0 Å². The molecule has 1 atom stereocenters. The molecule has 33 heavy (non-hydrogen) atoms. The quantitative estimate of drug-likeness (QED) is 0.299. The Morgan fingerprint density at radius 2 is 1.79 bits per heavy atom. The summed E-state index contributed by atoms with van der Waals surface area (Å²) in [5.41, 5.74) is 2.38. The van der Waals surface area contributed by atoms with E-state index in [4.69, 9.17) is 16.3 Å². The molecule has 1 unspecified atom stereocenters. The average molecular weight is 463 g/mol. The van der Waals surface area contributed by atoms with Crippen molar-refractivity contribution in [3.8, 4) is 5.75 Å². The van der Waals surface area contributed by atoms with Gasteiger partial charge >= 0.3 is 0 Å². The molecule has 0 saturated carbocycles. The van der Waals surface area contributed by atoms with Gasteiger partial charge in [-0.25, -0.2) is 0 Å². The fourth-order valence-electron chi connectivity index (χ4n) is 3.78. The predicted molar refractivity (Wildman–Crippen MR) is 127 cm³/mol. The molecule has 1 amide bonds. The molecule has 4 rings (SSSR count). The van der Waals surface area contributed by atoms with Gasteiger partial charge in [0, 0.05) is 28.7 Å². The number of ketones is 1. The van der Waals surface area contributed by atoms with Crippen LogP contribution in [0.15, 0.2) is 72.6 Å². The van der Waals surface area contributed by atoms with Gasteiger partial charge in [-0.3, -0.25) is 19.5 Å². The van der Waals surface area contributed by atoms with Gasteiger partial charge in [0.2, 0.25) is 0 Å². The number of aliphatic hydroxyl groups excluding tert-OH is 1. The minimum Gasteiger partial charge on any atom is -0.507 e. The van der Waals surface area contributed by atoms with E-state index in [0.717, 1.165) is 12.0 Å². The Morgan fingerprint density at radius 3 is 2.42 bits per heavy atom. The first-order chi connectivity index (χ1) is 15.9. The van der Waals surface area contributed by atoms with Crippen molar-refractivity contribution in [2.45, 2.75) is 26.3 Å². The van der Waals surface area contributed by atoms with Crippen LogP contribution in [-0.2, 0) is 9.59 Å². The van der Waals surface area contributed by atoms with Crippen LogP contribution < -0.4 is 9.64 Å². The lowest BCUT2D eigenvalue weighted by Crippen LogP contribution is -2.29. The first-order valence-electron chi connectivity index (χ1n) is 10.6. The van der Waals surface area contributed by atoms with Crippen LogP contribution >= 0.6 is 11.6 Å². The number of ether oxygens (including phenoxy) is 1. The van der Waals surface area contributed by atoms with Crippen molar-refractivity contribution in [2.24, 2.45) is 0 Å². The molecule has 0 radical (unpaired) electrons. The second-order valence-corrected chi connectivity index (χ2v) is 8.16. The number of Topliss-reactive ketones (excluding diaryl/α,β-unsaturated/α-hetero) is 1. The molecule has 3 aromatic rings. The van der Waals surface area contributed by atoms with Gasteiger partial charge in [-0.05, 0) is 73.0 Å². The highest BCUT2D eigenvalue weighted by Gasteiger charge is 2.47. The molecule has 0 spiro atoms. The summed E-state index contributed by atoms with van der Waals surface area (Å²) in [5, 5.41) is 11.6. The molecule has 2 heterocycles. The van der Waals surface area contributed by atoms with Crippen molar-refractivity contribution in [3.05, 3.63) is 94.3 Å². The van der Waals surface area contributed by atoms with Gasteiger partial charge in [0.25, 0.3) is 11.7 Å². The highest BCUT2D eigenvalue weighted by molar-refractivity contribution is 6.51. The maximum Gasteiger partial charge on any atom is 0.300 e. The van der Waals surface area contributed by atoms with E-state index >= 15 is 0 Å². The molecule has 1 N–H and O–H groups in total. The van der Waals surface area contributed by atoms with E-state index in [-0.39, 0.29) is 11.3 Å². The topological polar surface area (TPSA) is 79.7 Å². The third-order valence-corrected chi connectivity index (χ3v) is 5.91. The van der Waals surface area contributed by atoms with E-state index < -0.39 is 17.7 Å². The largest absolute Gasteiger partial charge is 0.507 e. The number of halogens is 1. The van der Waals surface area contributed by atoms with Crippen molar-refractivity contribution in [3.63, 3.8) is 0 Å². The maximum atomic E-state index is 13.2. The molecular weight excluding hydrogens is 440 g/mol. The van der Waals surface area contributed by atoms with Crippen LogP contribution in [0, 0.1) is 6.92 Å². The molecule has 1 aliphatic heterocycles. The van der Waals surface area contributed by atoms with Crippen LogP contribution in [0.2, 0.25) is 5.02 Å². The minimum absolute atomic E-state index is 0.00474. The summed E-state index contributed by atoms with van der Waals surface area (Å²) in [6, 6.07) is 14.6. The van der Waals surface area contributed by atoms with Crippen LogP contribution in [-0.4, -0.2) is 28.4 Å². The molecule has 0 bridgehead atoms. The van der Waals surface area contributed by atoms with Gasteiger partial charge in [-0.15, -0.1) is 0 Å². The highest BCUT2D eigenvalue weighted by atomic mass is 35.5. The van der Waals surface area contributed by atoms with Gasteiger partial charge in [-0.2, -0.15) is 0 Å². The molecule has 7 heteroatoms. The summed E-state index contributed by atoms with van der Waals surface area (Å²) >= 11 is 6.31. The lowest BCUT2D eigenvalue weighted by molar-refractivity contribution is -0.132. The van der Waals surface area contributed by atoms with Crippen molar-refractivity contribution in [1.82, 2.24) is 4.98 Å². The van der Waals surface area contributed by atoms with E-state index in [1.807, 2.05) is 13.8 Å². The summed E-state index contributed by atoms with van der Waals surface area (Å²) < 4.78 is 5.59. The Balaban J connectivity index is 1.84. The van der Waals surface area contributed by atoms with Crippen molar-refractivity contribution in [2.75, 3.05) is 11.5 Å². The van der Waals surface area contributed by atoms with Gasteiger partial charge in [0.15, 0.2) is 0 Å². The van der Waals surface area contributed by atoms with Gasteiger partial charge < -0.3 is 9.84 Å². The van der Waals surface area contributed by atoms with E-state index in [0.29, 0.717) is 34.2 Å². The van der Waals surface area contributed by atoms with E-state index in [2.05, 4.69) is 4.98 Å². The lowest BCUT2D eigenvalue weighted by Gasteiger charge is -2.25. The third kappa shape index (κ3) is 4.34. The van der Waals surface area contributed by atoms with Crippen LogP contribution in [0.5, 0.6) is 5.75 Å². The summed E-state index contributed by atoms with van der Waals surface area (Å²) in [7, 11) is 0. The van der Waals surface area contributed by atoms with Crippen LogP contribution in [0.1, 0.15) is 36.1 Å². The summed E-state index contributed by atoms with van der Waals surface area (Å²) in [5.74, 6) is -1.09. The van der Waals surface area contributed by atoms with Crippen LogP contribution in [0.25, 0.3) is 5.76 Å². The smallest absolute Gasteiger partial charge is 0.300 e. The Kier molecular flexibility index (Phi) is 6.47. The number of carbonyl (C=O) groups is 2. The number of hydrogen-bond acceptors (Lipinski definition) is 5. The molecule has 1 aliphatic rings. The number of aliphatic hydroxyl groups is 1. The number of nitrogens with zero attached hydrogens (tertiary/aromatic N) is 2. The minimum atomic E-state index is -0.831. The maximum absolute atomic E-state index is 13.2. The normalized spacial score (nSPS) is 17.4. The summed E-state index contributed by atoms with van der Waals surface area (Å²) in [4.78, 5) is 31.7. The zero-order valence-corrected chi connectivity index (χ0v) is 19.0. The second-order valence-electron chi connectivity index (χ2n) is 7.76. The number of aromatic nitrogens is 1. The number of rotatable bonds is 6. The number of anilines is 1. The lowest BCUT2D eigenvalue weighted by atomic mass is 9.95. The second kappa shape index (κ2) is 9.46. The number of carbonyl (C=O) groups excluding carboxylic acids is 2. The van der Waals surface area contributed by atoms with Gasteiger partial charge in [-0.1, -0.05) is 24.6 Å². The molecule has 1 aromatic heterocycles. The Morgan fingerprint density at radius 1 is 1.09 bits per heavy atom. The highest BCUT2D eigenvalue weighted by Crippen LogP contribution is 2.42. The number of aryl methyl sites for hydroxylation is 1. The van der Waals surface area contributed by atoms with E-state index in [9.17, 15) is 14.7 Å². The van der Waals surface area contributed by atoms with Crippen LogP contribution in [0.4, 0.5) is 5.69 Å². The fraction of sp³-hybridized carbons (Fsp3) is 0.192. The SMILES string of the molecule is CCCOc1ccc(/C(O)=C2\C(=O)C(=O)N(c3ccc(C)c(Cl)c3)C2c2ccncc2)cc1. The molecule has 168 valence electrons. The fourth-order valence-corrected chi connectivity index (χ4v) is 3.95. The van der Waals surface area contributed by atoms with Gasteiger partial charge in [0.05, 0.1) is 18.2 Å². The standard InChI is InChI=1S/C26H23ClN2O4/c1-3-14-33-20-8-5-18(6-9-20)24(30)22-23(17-10-12-28-13-11-17)29(26(32)25(22)31)19-7-4-16(2)21(27)15-19/h4-13,15,23,30H,3,14H2,1-2H3/b24-22+. The first-order valence-corrected chi connectivity index (χ1v) is 11.0. The zero-order chi connectivity index (χ0) is 23.5. The molecule has 2 aromatic carbocycles. The van der Waals surface area contributed by atoms with E-state index in [1.165, 1.54) is 4.90 Å². The molecule has 1 saturated heterocycles. The zero-order valence-electron chi connectivity index (χ0n) is 18.3. The molecular formula is C26H23ClN2O4. The van der Waals surface area contributed by atoms with Crippen molar-refractivity contribution < 1.29 is 19.4 Å². The van der Waals surface area contributed by atoms with E-state index in [1.54, 1.807) is 67.0 Å². The molecule has 0 aliphatic carbocycles. The van der Waals surface area contributed by atoms with Crippen molar-refractivity contribution >= 4 is 34.7 Å². The Hall–Kier alpha value is -3.64. The average Bonchev–Trinajstić information content (AvgIpc) is 3.10. The predicted octanol–water partition coefficient (Wildman–Crippen LogP) is 5.46. The third-order valence-electron chi connectivity index (χ3n) is 5.50. The summed E-state index contributed by atoms with van der Waals surface area (Å²) in [6.45, 7) is 4.45. The molecule has 1 fully saturated rings. The summed E-state index contributed by atoms with van der Waals surface area (Å²) in [6.07, 6.45) is 4.04. The Labute approximate surface area is 197 Å². The molecule has 6 nitrogen and oxygen atoms in total. The van der Waals surface area contributed by atoms with Gasteiger partial charge in [0.1, 0.15) is 11.5 Å². The Bertz CT molecular complexity index is 1220. The number of benzene rings is 2. The first kappa shape index (κ1) is 22.6. The monoisotopic (exact) mass is 462 g/mol. The van der Waals surface area contributed by atoms with Crippen molar-refractivity contribution in [1.29, 1.82) is 0 Å².